The lowest BCUT2D eigenvalue weighted by Crippen LogP contribution is -2.44. The topological polar surface area (TPSA) is 21.3 Å². The molecule has 2 aliphatic rings. The number of ether oxygens (including phenoxy) is 1. The van der Waals surface area contributed by atoms with E-state index in [0.717, 1.165) is 26.0 Å². The van der Waals surface area contributed by atoms with E-state index in [9.17, 15) is 0 Å². The van der Waals surface area contributed by atoms with Crippen LogP contribution in [-0.4, -0.2) is 30.7 Å². The highest BCUT2D eigenvalue weighted by molar-refractivity contribution is 6.21. The molecule has 1 aliphatic heterocycles. The van der Waals surface area contributed by atoms with Crippen LogP contribution in [0.3, 0.4) is 0 Å². The number of alkyl halides is 1. The second kappa shape index (κ2) is 3.95. The van der Waals surface area contributed by atoms with E-state index >= 15 is 0 Å². The first-order chi connectivity index (χ1) is 5.84. The number of hydrogen-bond donors (Lipinski definition) is 1. The second-order valence-electron chi connectivity index (χ2n) is 3.81. The molecular formula is C9H16ClNO. The molecule has 0 aromatic rings. The van der Waals surface area contributed by atoms with Crippen molar-refractivity contribution in [1.29, 1.82) is 0 Å². The van der Waals surface area contributed by atoms with E-state index in [-0.39, 0.29) is 0 Å². The Morgan fingerprint density at radius 3 is 2.83 bits per heavy atom. The highest BCUT2D eigenvalue weighted by atomic mass is 35.5. The summed E-state index contributed by atoms with van der Waals surface area (Å²) in [5, 5.41) is 3.91. The van der Waals surface area contributed by atoms with Crippen LogP contribution in [0.25, 0.3) is 0 Å². The molecule has 2 fully saturated rings. The zero-order valence-corrected chi connectivity index (χ0v) is 8.02. The van der Waals surface area contributed by atoms with Crippen LogP contribution in [0.1, 0.15) is 25.7 Å². The molecule has 70 valence electrons. The van der Waals surface area contributed by atoms with Crippen LogP contribution >= 0.6 is 11.6 Å². The lowest BCUT2D eigenvalue weighted by atomic mass is 9.92. The average Bonchev–Trinajstić information content (AvgIpc) is 2.47. The van der Waals surface area contributed by atoms with Gasteiger partial charge in [0.05, 0.1) is 6.10 Å². The van der Waals surface area contributed by atoms with E-state index < -0.39 is 0 Å². The third-order valence-electron chi connectivity index (χ3n) is 2.74. The minimum atomic E-state index is 0.423. The van der Waals surface area contributed by atoms with Gasteiger partial charge in [0.1, 0.15) is 0 Å². The zero-order chi connectivity index (χ0) is 8.39. The van der Waals surface area contributed by atoms with Crippen LogP contribution in [0.5, 0.6) is 0 Å². The largest absolute Gasteiger partial charge is 0.377 e. The van der Waals surface area contributed by atoms with E-state index in [4.69, 9.17) is 16.3 Å². The quantitative estimate of drug-likeness (QED) is 0.680. The molecule has 0 amide bonds. The molecule has 2 nitrogen and oxygen atoms in total. The van der Waals surface area contributed by atoms with E-state index in [0.29, 0.717) is 17.5 Å². The SMILES string of the molecule is ClC1CC(NCC2CCCO2)C1. The van der Waals surface area contributed by atoms with Crippen LogP contribution in [0.2, 0.25) is 0 Å². The minimum absolute atomic E-state index is 0.423. The van der Waals surface area contributed by atoms with Crippen molar-refractivity contribution in [3.63, 3.8) is 0 Å². The van der Waals surface area contributed by atoms with E-state index in [1.165, 1.54) is 12.8 Å². The first-order valence-corrected chi connectivity index (χ1v) is 5.27. The Labute approximate surface area is 78.6 Å². The molecule has 0 bridgehead atoms. The van der Waals surface area contributed by atoms with Gasteiger partial charge in [-0.15, -0.1) is 11.6 Å². The lowest BCUT2D eigenvalue weighted by molar-refractivity contribution is 0.104. The smallest absolute Gasteiger partial charge is 0.0700 e. The Kier molecular flexibility index (Phi) is 2.89. The fourth-order valence-electron chi connectivity index (χ4n) is 1.82. The maximum atomic E-state index is 5.87. The van der Waals surface area contributed by atoms with Crippen LogP contribution in [0.4, 0.5) is 0 Å². The van der Waals surface area contributed by atoms with Gasteiger partial charge in [0, 0.05) is 24.6 Å². The van der Waals surface area contributed by atoms with E-state index in [1.807, 2.05) is 0 Å². The summed E-state index contributed by atoms with van der Waals surface area (Å²) in [6.07, 6.45) is 5.20. The van der Waals surface area contributed by atoms with E-state index in [2.05, 4.69) is 5.32 Å². The molecule has 0 radical (unpaired) electrons. The molecule has 1 heterocycles. The van der Waals surface area contributed by atoms with Crippen molar-refractivity contribution in [1.82, 2.24) is 5.32 Å². The Hall–Kier alpha value is 0.210. The number of rotatable bonds is 3. The summed E-state index contributed by atoms with van der Waals surface area (Å²) in [5.41, 5.74) is 0. The van der Waals surface area contributed by atoms with Gasteiger partial charge in [-0.1, -0.05) is 0 Å². The molecule has 1 unspecified atom stereocenters. The van der Waals surface area contributed by atoms with Crippen molar-refractivity contribution in [3.05, 3.63) is 0 Å². The van der Waals surface area contributed by atoms with Gasteiger partial charge < -0.3 is 10.1 Å². The molecule has 1 saturated heterocycles. The predicted molar refractivity (Wildman–Crippen MR) is 49.6 cm³/mol. The molecule has 2 rings (SSSR count). The summed E-state index contributed by atoms with van der Waals surface area (Å²) in [6, 6.07) is 0.664. The van der Waals surface area contributed by atoms with Gasteiger partial charge in [0.2, 0.25) is 0 Å². The second-order valence-corrected chi connectivity index (χ2v) is 4.43. The monoisotopic (exact) mass is 189 g/mol. The summed E-state index contributed by atoms with van der Waals surface area (Å²) in [5.74, 6) is 0. The lowest BCUT2D eigenvalue weighted by Gasteiger charge is -2.32. The minimum Gasteiger partial charge on any atom is -0.377 e. The van der Waals surface area contributed by atoms with Gasteiger partial charge >= 0.3 is 0 Å². The van der Waals surface area contributed by atoms with Crippen molar-refractivity contribution in [2.45, 2.75) is 43.2 Å². The van der Waals surface area contributed by atoms with Crippen molar-refractivity contribution >= 4 is 11.6 Å². The van der Waals surface area contributed by atoms with Gasteiger partial charge in [0.15, 0.2) is 0 Å². The maximum absolute atomic E-state index is 5.87. The summed E-state index contributed by atoms with van der Waals surface area (Å²) in [6.45, 7) is 1.98. The molecular weight excluding hydrogens is 174 g/mol. The first-order valence-electron chi connectivity index (χ1n) is 4.83. The van der Waals surface area contributed by atoms with Crippen molar-refractivity contribution < 1.29 is 4.74 Å². The summed E-state index contributed by atoms with van der Waals surface area (Å²) in [4.78, 5) is 0. The summed E-state index contributed by atoms with van der Waals surface area (Å²) < 4.78 is 5.50. The third-order valence-corrected chi connectivity index (χ3v) is 3.10. The molecule has 1 saturated carbocycles. The first kappa shape index (κ1) is 8.79. The van der Waals surface area contributed by atoms with Crippen molar-refractivity contribution in [3.8, 4) is 0 Å². The fraction of sp³-hybridized carbons (Fsp3) is 1.00. The molecule has 0 aromatic carbocycles. The summed E-state index contributed by atoms with van der Waals surface area (Å²) in [7, 11) is 0. The van der Waals surface area contributed by atoms with Gasteiger partial charge in [-0.25, -0.2) is 0 Å². The van der Waals surface area contributed by atoms with Crippen LogP contribution in [0.15, 0.2) is 0 Å². The Morgan fingerprint density at radius 1 is 1.42 bits per heavy atom. The van der Waals surface area contributed by atoms with Gasteiger partial charge in [-0.2, -0.15) is 0 Å². The highest BCUT2D eigenvalue weighted by Gasteiger charge is 2.27. The molecule has 0 spiro atoms. The molecule has 12 heavy (non-hydrogen) atoms. The molecule has 1 N–H and O–H groups in total. The highest BCUT2D eigenvalue weighted by Crippen LogP contribution is 2.25. The zero-order valence-electron chi connectivity index (χ0n) is 7.26. The Morgan fingerprint density at radius 2 is 2.25 bits per heavy atom. The normalized spacial score (nSPS) is 41.2. The standard InChI is InChI=1S/C9H16ClNO/c10-7-4-8(5-7)11-6-9-2-1-3-12-9/h7-9,11H,1-6H2. The average molecular weight is 190 g/mol. The van der Waals surface area contributed by atoms with Crippen molar-refractivity contribution in [2.24, 2.45) is 0 Å². The van der Waals surface area contributed by atoms with Gasteiger partial charge in [0.25, 0.3) is 0 Å². The van der Waals surface area contributed by atoms with Gasteiger partial charge in [-0.05, 0) is 25.7 Å². The fourth-order valence-corrected chi connectivity index (χ4v) is 2.25. The Balaban J connectivity index is 1.56. The van der Waals surface area contributed by atoms with Crippen LogP contribution < -0.4 is 5.32 Å². The van der Waals surface area contributed by atoms with Crippen LogP contribution in [0, 0.1) is 0 Å². The Bertz CT molecular complexity index is 141. The van der Waals surface area contributed by atoms with Crippen molar-refractivity contribution in [2.75, 3.05) is 13.2 Å². The summed E-state index contributed by atoms with van der Waals surface area (Å²) >= 11 is 5.87. The number of nitrogens with one attached hydrogen (secondary N) is 1. The molecule has 0 aromatic heterocycles. The maximum Gasteiger partial charge on any atom is 0.0700 e. The molecule has 3 heteroatoms. The van der Waals surface area contributed by atoms with Crippen LogP contribution in [-0.2, 0) is 4.74 Å². The number of hydrogen-bond acceptors (Lipinski definition) is 2. The van der Waals surface area contributed by atoms with Gasteiger partial charge in [-0.3, -0.25) is 0 Å². The number of halogens is 1. The third kappa shape index (κ3) is 2.12. The molecule has 1 aliphatic carbocycles. The predicted octanol–water partition coefficient (Wildman–Crippen LogP) is 1.52. The van der Waals surface area contributed by atoms with E-state index in [1.54, 1.807) is 0 Å². The molecule has 1 atom stereocenters.